The molecule has 1 aliphatic rings. The number of carbonyl (C=O) groups excluding carboxylic acids is 1. The van der Waals surface area contributed by atoms with Gasteiger partial charge in [0.25, 0.3) is 5.91 Å². The van der Waals surface area contributed by atoms with Gasteiger partial charge in [-0.25, -0.2) is 17.8 Å². The van der Waals surface area contributed by atoms with Crippen LogP contribution in [-0.4, -0.2) is 53.5 Å². The Bertz CT molecular complexity index is 1270. The van der Waals surface area contributed by atoms with Crippen molar-refractivity contribution in [3.05, 3.63) is 83.7 Å². The first-order valence-electron chi connectivity index (χ1n) is 10.9. The molecule has 10 heteroatoms. The maximum atomic E-state index is 13.9. The fraction of sp³-hybridized carbons (Fsp3) is 0.333. The van der Waals surface area contributed by atoms with Crippen LogP contribution in [0.2, 0.25) is 0 Å². The summed E-state index contributed by atoms with van der Waals surface area (Å²) in [5.41, 5.74) is 0.815. The van der Waals surface area contributed by atoms with Crippen LogP contribution in [0.3, 0.4) is 0 Å². The summed E-state index contributed by atoms with van der Waals surface area (Å²) in [5, 5.41) is 2.89. The number of nitrogens with zero attached hydrogens (tertiary/aromatic N) is 3. The number of nitrogens with one attached hydrogen (secondary N) is 1. The molecule has 1 saturated heterocycles. The fourth-order valence-corrected chi connectivity index (χ4v) is 5.70. The van der Waals surface area contributed by atoms with Gasteiger partial charge in [0, 0.05) is 38.1 Å². The molecule has 4 rings (SSSR count). The van der Waals surface area contributed by atoms with Gasteiger partial charge in [-0.1, -0.05) is 12.1 Å². The Kier molecular flexibility index (Phi) is 6.83. The van der Waals surface area contributed by atoms with Gasteiger partial charge in [0.2, 0.25) is 10.0 Å². The Morgan fingerprint density at radius 1 is 1.15 bits per heavy atom. The zero-order valence-corrected chi connectivity index (χ0v) is 20.0. The molecule has 34 heavy (non-hydrogen) atoms. The van der Waals surface area contributed by atoms with E-state index in [1.54, 1.807) is 36.1 Å². The highest BCUT2D eigenvalue weighted by atomic mass is 32.2. The van der Waals surface area contributed by atoms with E-state index >= 15 is 0 Å². The average molecular weight is 487 g/mol. The Balaban J connectivity index is 1.56. The Labute approximate surface area is 198 Å². The second-order valence-electron chi connectivity index (χ2n) is 8.46. The van der Waals surface area contributed by atoms with E-state index in [2.05, 4.69) is 10.3 Å². The lowest BCUT2D eigenvalue weighted by atomic mass is 10.0. The van der Waals surface area contributed by atoms with Crippen LogP contribution >= 0.6 is 0 Å². The molecule has 2 heterocycles. The number of benzene rings is 2. The zero-order valence-electron chi connectivity index (χ0n) is 19.2. The lowest BCUT2D eigenvalue weighted by Gasteiger charge is -2.34. The van der Waals surface area contributed by atoms with Crippen molar-refractivity contribution in [2.24, 2.45) is 7.05 Å². The summed E-state index contributed by atoms with van der Waals surface area (Å²) in [7, 11) is -1.93. The second kappa shape index (κ2) is 9.65. The van der Waals surface area contributed by atoms with Gasteiger partial charge in [0.1, 0.15) is 17.7 Å². The number of halogens is 1. The number of morpholine rings is 1. The van der Waals surface area contributed by atoms with Crippen LogP contribution in [-0.2, 0) is 21.8 Å². The van der Waals surface area contributed by atoms with Gasteiger partial charge < -0.3 is 14.6 Å². The molecule has 1 amide bonds. The number of imidazole rings is 1. The number of ether oxygens (including phenoxy) is 1. The van der Waals surface area contributed by atoms with Crippen molar-refractivity contribution in [3.63, 3.8) is 0 Å². The minimum absolute atomic E-state index is 0.108. The molecular formula is C24H27FN4O4S. The van der Waals surface area contributed by atoms with Gasteiger partial charge in [-0.05, 0) is 55.8 Å². The summed E-state index contributed by atoms with van der Waals surface area (Å²) in [6, 6.07) is 11.0. The number of amides is 1. The summed E-state index contributed by atoms with van der Waals surface area (Å²) in [5.74, 6) is -0.323. The highest BCUT2D eigenvalue weighted by Crippen LogP contribution is 2.24. The quantitative estimate of drug-likeness (QED) is 0.578. The first-order chi connectivity index (χ1) is 16.1. The number of sulfonamides is 1. The largest absolute Gasteiger partial charge is 0.373 e. The van der Waals surface area contributed by atoms with E-state index in [0.717, 1.165) is 0 Å². The number of hydrogen-bond donors (Lipinski definition) is 1. The van der Waals surface area contributed by atoms with E-state index in [1.165, 1.54) is 40.7 Å². The molecule has 0 aliphatic carbocycles. The third-order valence-electron chi connectivity index (χ3n) is 5.71. The van der Waals surface area contributed by atoms with Crippen molar-refractivity contribution in [1.82, 2.24) is 19.2 Å². The smallest absolute Gasteiger partial charge is 0.252 e. The molecule has 0 radical (unpaired) electrons. The molecular weight excluding hydrogens is 459 g/mol. The Morgan fingerprint density at radius 2 is 1.82 bits per heavy atom. The van der Waals surface area contributed by atoms with Crippen LogP contribution in [0.1, 0.15) is 41.6 Å². The van der Waals surface area contributed by atoms with E-state index < -0.39 is 27.8 Å². The summed E-state index contributed by atoms with van der Waals surface area (Å²) >= 11 is 0. The van der Waals surface area contributed by atoms with Crippen LogP contribution in [0.4, 0.5) is 4.39 Å². The van der Waals surface area contributed by atoms with Gasteiger partial charge in [-0.2, -0.15) is 4.31 Å². The van der Waals surface area contributed by atoms with Crippen molar-refractivity contribution in [2.75, 3.05) is 13.1 Å². The maximum absolute atomic E-state index is 13.9. The first-order valence-corrected chi connectivity index (χ1v) is 12.4. The highest BCUT2D eigenvalue weighted by molar-refractivity contribution is 7.89. The third kappa shape index (κ3) is 5.03. The van der Waals surface area contributed by atoms with Crippen LogP contribution in [0.15, 0.2) is 65.8 Å². The molecule has 0 unspecified atom stereocenters. The monoisotopic (exact) mass is 486 g/mol. The molecule has 2 aromatic carbocycles. The summed E-state index contributed by atoms with van der Waals surface area (Å²) < 4.78 is 48.8. The summed E-state index contributed by atoms with van der Waals surface area (Å²) in [6.45, 7) is 4.21. The van der Waals surface area contributed by atoms with Gasteiger partial charge in [-0.15, -0.1) is 0 Å². The highest BCUT2D eigenvalue weighted by Gasteiger charge is 2.32. The fourth-order valence-electron chi connectivity index (χ4n) is 4.11. The van der Waals surface area contributed by atoms with Crippen LogP contribution in [0.5, 0.6) is 0 Å². The van der Waals surface area contributed by atoms with Crippen LogP contribution < -0.4 is 5.32 Å². The number of hydrogen-bond acceptors (Lipinski definition) is 5. The van der Waals surface area contributed by atoms with E-state index in [1.807, 2.05) is 13.8 Å². The Morgan fingerprint density at radius 3 is 2.41 bits per heavy atom. The molecule has 3 atom stereocenters. The zero-order chi connectivity index (χ0) is 24.5. The van der Waals surface area contributed by atoms with Crippen molar-refractivity contribution >= 4 is 15.9 Å². The van der Waals surface area contributed by atoms with E-state index in [9.17, 15) is 17.6 Å². The molecule has 1 aromatic heterocycles. The minimum Gasteiger partial charge on any atom is -0.373 e. The Hall–Kier alpha value is -3.08. The number of aryl methyl sites for hydroxylation is 1. The number of carbonyl (C=O) groups is 1. The first kappa shape index (κ1) is 24.1. The molecule has 0 bridgehead atoms. The molecule has 1 N–H and O–H groups in total. The lowest BCUT2D eigenvalue weighted by Crippen LogP contribution is -2.48. The van der Waals surface area contributed by atoms with Crippen molar-refractivity contribution in [3.8, 4) is 0 Å². The van der Waals surface area contributed by atoms with Crippen molar-refractivity contribution in [1.29, 1.82) is 0 Å². The van der Waals surface area contributed by atoms with Gasteiger partial charge >= 0.3 is 0 Å². The van der Waals surface area contributed by atoms with Crippen molar-refractivity contribution < 1.29 is 22.3 Å². The normalized spacial score (nSPS) is 20.1. The molecule has 1 aliphatic heterocycles. The molecule has 0 saturated carbocycles. The lowest BCUT2D eigenvalue weighted by molar-refractivity contribution is -0.0440. The average Bonchev–Trinajstić information content (AvgIpc) is 3.22. The predicted octanol–water partition coefficient (Wildman–Crippen LogP) is 2.88. The van der Waals surface area contributed by atoms with Gasteiger partial charge in [0.15, 0.2) is 0 Å². The van der Waals surface area contributed by atoms with Gasteiger partial charge in [0.05, 0.1) is 17.1 Å². The standard InChI is InChI=1S/C24H27FN4O4S/c1-16-14-29(15-17(2)33-16)34(31,32)21-9-7-18(8-10-21)24(30)27-22(23-26-11-12-28(23)3)19-5-4-6-20(25)13-19/h4-13,16-17,22H,14-15H2,1-3H3,(H,27,30)/t16-,17+,22-/m1/s1. The molecule has 1 fully saturated rings. The molecule has 180 valence electrons. The van der Waals surface area contributed by atoms with Crippen molar-refractivity contribution in [2.45, 2.75) is 37.0 Å². The van der Waals surface area contributed by atoms with E-state index in [-0.39, 0.29) is 35.8 Å². The van der Waals surface area contributed by atoms with E-state index in [4.69, 9.17) is 4.74 Å². The SMILES string of the molecule is C[C@@H]1CN(S(=O)(=O)c2ccc(C(=O)N[C@H](c3cccc(F)c3)c3nccn3C)cc2)C[C@H](C)O1. The molecule has 8 nitrogen and oxygen atoms in total. The van der Waals surface area contributed by atoms with Crippen LogP contribution in [0.25, 0.3) is 0 Å². The number of aromatic nitrogens is 2. The second-order valence-corrected chi connectivity index (χ2v) is 10.4. The summed E-state index contributed by atoms with van der Waals surface area (Å²) in [4.78, 5) is 17.5. The topological polar surface area (TPSA) is 93.5 Å². The molecule has 3 aromatic rings. The minimum atomic E-state index is -3.72. The number of rotatable bonds is 6. The van der Waals surface area contributed by atoms with Gasteiger partial charge in [-0.3, -0.25) is 4.79 Å². The van der Waals surface area contributed by atoms with E-state index in [0.29, 0.717) is 11.4 Å². The predicted molar refractivity (Wildman–Crippen MR) is 124 cm³/mol. The van der Waals surface area contributed by atoms with Crippen LogP contribution in [0, 0.1) is 5.82 Å². The summed E-state index contributed by atoms with van der Waals surface area (Å²) in [6.07, 6.45) is 2.94. The molecule has 0 spiro atoms. The maximum Gasteiger partial charge on any atom is 0.252 e. The third-order valence-corrected chi connectivity index (χ3v) is 7.56.